The van der Waals surface area contributed by atoms with Gasteiger partial charge in [0.15, 0.2) is 0 Å². The van der Waals surface area contributed by atoms with Gasteiger partial charge in [0.05, 0.1) is 25.3 Å². The molecule has 0 bridgehead atoms. The fourth-order valence-electron chi connectivity index (χ4n) is 2.77. The summed E-state index contributed by atoms with van der Waals surface area (Å²) in [5.74, 6) is 1.61. The topological polar surface area (TPSA) is 59.6 Å². The third-order valence-corrected chi connectivity index (χ3v) is 4.04. The molecule has 1 aliphatic heterocycles. The number of carbonyl (C=O) groups excluding carboxylic acids is 1. The molecule has 3 rings (SSSR count). The molecule has 0 saturated heterocycles. The Morgan fingerprint density at radius 1 is 1.33 bits per heavy atom. The molecule has 24 heavy (non-hydrogen) atoms. The summed E-state index contributed by atoms with van der Waals surface area (Å²) in [6.07, 6.45) is 0.364. The zero-order valence-electron chi connectivity index (χ0n) is 14.0. The average Bonchev–Trinajstić information content (AvgIpc) is 2.60. The SMILES string of the molecule is COc1ccccc1CNC(=O)CC1COc2cc(C)ccc2N1. The second-order valence-corrected chi connectivity index (χ2v) is 5.94. The number of benzene rings is 2. The number of fused-ring (bicyclic) bond motifs is 1. The molecule has 5 heteroatoms. The predicted molar refractivity (Wildman–Crippen MR) is 93.5 cm³/mol. The Labute approximate surface area is 142 Å². The van der Waals surface area contributed by atoms with Gasteiger partial charge in [-0.25, -0.2) is 0 Å². The molecule has 0 spiro atoms. The van der Waals surface area contributed by atoms with E-state index in [4.69, 9.17) is 9.47 Å². The minimum Gasteiger partial charge on any atom is -0.496 e. The Balaban J connectivity index is 1.53. The van der Waals surface area contributed by atoms with E-state index < -0.39 is 0 Å². The summed E-state index contributed by atoms with van der Waals surface area (Å²) >= 11 is 0. The minimum atomic E-state index is -0.0297. The highest BCUT2D eigenvalue weighted by Gasteiger charge is 2.21. The number of rotatable bonds is 5. The van der Waals surface area contributed by atoms with E-state index in [0.717, 1.165) is 28.3 Å². The monoisotopic (exact) mass is 326 g/mol. The molecular formula is C19H22N2O3. The normalized spacial score (nSPS) is 15.7. The molecule has 1 heterocycles. The summed E-state index contributed by atoms with van der Waals surface area (Å²) in [6, 6.07) is 13.7. The van der Waals surface area contributed by atoms with E-state index in [1.165, 1.54) is 0 Å². The van der Waals surface area contributed by atoms with E-state index in [2.05, 4.69) is 10.6 Å². The van der Waals surface area contributed by atoms with Crippen LogP contribution < -0.4 is 20.1 Å². The van der Waals surface area contributed by atoms with Gasteiger partial charge in [0, 0.05) is 12.1 Å². The van der Waals surface area contributed by atoms with Crippen molar-refractivity contribution in [1.82, 2.24) is 5.32 Å². The number of hydrogen-bond donors (Lipinski definition) is 2. The van der Waals surface area contributed by atoms with Crippen molar-refractivity contribution >= 4 is 11.6 Å². The molecule has 0 fully saturated rings. The molecule has 0 saturated carbocycles. The number of amides is 1. The Morgan fingerprint density at radius 2 is 2.17 bits per heavy atom. The van der Waals surface area contributed by atoms with Crippen LogP contribution in [0.4, 0.5) is 5.69 Å². The van der Waals surface area contributed by atoms with Crippen molar-refractivity contribution in [3.8, 4) is 11.5 Å². The number of anilines is 1. The van der Waals surface area contributed by atoms with Gasteiger partial charge in [-0.2, -0.15) is 0 Å². The van der Waals surface area contributed by atoms with E-state index in [1.54, 1.807) is 7.11 Å². The molecule has 2 N–H and O–H groups in total. The van der Waals surface area contributed by atoms with Crippen molar-refractivity contribution in [1.29, 1.82) is 0 Å². The van der Waals surface area contributed by atoms with Crippen molar-refractivity contribution < 1.29 is 14.3 Å². The van der Waals surface area contributed by atoms with Gasteiger partial charge in [-0.1, -0.05) is 24.3 Å². The first-order valence-corrected chi connectivity index (χ1v) is 8.04. The van der Waals surface area contributed by atoms with Crippen LogP contribution in [0.3, 0.4) is 0 Å². The van der Waals surface area contributed by atoms with Crippen LogP contribution in [0.1, 0.15) is 17.5 Å². The zero-order valence-corrected chi connectivity index (χ0v) is 14.0. The van der Waals surface area contributed by atoms with Crippen LogP contribution in [0.2, 0.25) is 0 Å². The molecular weight excluding hydrogens is 304 g/mol. The lowest BCUT2D eigenvalue weighted by molar-refractivity contribution is -0.121. The number of carbonyl (C=O) groups is 1. The summed E-state index contributed by atoms with van der Waals surface area (Å²) in [6.45, 7) is 2.96. The quantitative estimate of drug-likeness (QED) is 0.887. The zero-order chi connectivity index (χ0) is 16.9. The Morgan fingerprint density at radius 3 is 3.00 bits per heavy atom. The van der Waals surface area contributed by atoms with Gasteiger partial charge in [-0.15, -0.1) is 0 Å². The lowest BCUT2D eigenvalue weighted by Crippen LogP contribution is -2.37. The lowest BCUT2D eigenvalue weighted by Gasteiger charge is -2.27. The van der Waals surface area contributed by atoms with Gasteiger partial charge >= 0.3 is 0 Å². The number of nitrogens with one attached hydrogen (secondary N) is 2. The van der Waals surface area contributed by atoms with Crippen LogP contribution >= 0.6 is 0 Å². The van der Waals surface area contributed by atoms with Crippen molar-refractivity contribution in [2.75, 3.05) is 19.0 Å². The lowest BCUT2D eigenvalue weighted by atomic mass is 10.1. The van der Waals surface area contributed by atoms with Gasteiger partial charge in [0.1, 0.15) is 18.1 Å². The van der Waals surface area contributed by atoms with Crippen LogP contribution in [-0.2, 0) is 11.3 Å². The van der Waals surface area contributed by atoms with Gasteiger partial charge in [0.25, 0.3) is 0 Å². The molecule has 1 atom stereocenters. The molecule has 1 aliphatic rings. The molecule has 0 aromatic heterocycles. The number of aryl methyl sites for hydroxylation is 1. The highest BCUT2D eigenvalue weighted by Crippen LogP contribution is 2.30. The first-order valence-electron chi connectivity index (χ1n) is 8.04. The molecule has 0 radical (unpaired) electrons. The van der Waals surface area contributed by atoms with Crippen molar-refractivity contribution in [3.63, 3.8) is 0 Å². The standard InChI is InChI=1S/C19H22N2O3/c1-13-7-8-16-18(9-13)24-12-15(21-16)10-19(22)20-11-14-5-3-4-6-17(14)23-2/h3-9,15,21H,10-12H2,1-2H3,(H,20,22). The van der Waals surface area contributed by atoms with Gasteiger partial charge in [-0.3, -0.25) is 4.79 Å². The fraction of sp³-hybridized carbons (Fsp3) is 0.316. The molecule has 0 aliphatic carbocycles. The Kier molecular flexibility index (Phi) is 4.89. The Hall–Kier alpha value is -2.69. The number of ether oxygens (including phenoxy) is 2. The van der Waals surface area contributed by atoms with Crippen LogP contribution in [0.15, 0.2) is 42.5 Å². The first-order chi connectivity index (χ1) is 11.7. The summed E-state index contributed by atoms with van der Waals surface area (Å²) in [5.41, 5.74) is 3.06. The molecule has 126 valence electrons. The Bertz CT molecular complexity index is 730. The summed E-state index contributed by atoms with van der Waals surface area (Å²) < 4.78 is 11.0. The molecule has 1 amide bonds. The molecule has 1 unspecified atom stereocenters. The molecule has 2 aromatic rings. The van der Waals surface area contributed by atoms with Crippen LogP contribution in [0.5, 0.6) is 11.5 Å². The summed E-state index contributed by atoms with van der Waals surface area (Å²) in [7, 11) is 1.63. The van der Waals surface area contributed by atoms with E-state index in [-0.39, 0.29) is 11.9 Å². The van der Waals surface area contributed by atoms with Crippen LogP contribution in [0, 0.1) is 6.92 Å². The van der Waals surface area contributed by atoms with Crippen molar-refractivity contribution in [2.45, 2.75) is 25.9 Å². The van der Waals surface area contributed by atoms with Gasteiger partial charge in [0.2, 0.25) is 5.91 Å². The highest BCUT2D eigenvalue weighted by atomic mass is 16.5. The maximum absolute atomic E-state index is 12.2. The van der Waals surface area contributed by atoms with Crippen molar-refractivity contribution in [2.24, 2.45) is 0 Å². The van der Waals surface area contributed by atoms with E-state index in [0.29, 0.717) is 19.6 Å². The average molecular weight is 326 g/mol. The smallest absolute Gasteiger partial charge is 0.222 e. The summed E-state index contributed by atoms with van der Waals surface area (Å²) in [5, 5.41) is 6.30. The third kappa shape index (κ3) is 3.79. The van der Waals surface area contributed by atoms with E-state index in [9.17, 15) is 4.79 Å². The first kappa shape index (κ1) is 16.2. The number of para-hydroxylation sites is 1. The minimum absolute atomic E-state index is 0.0161. The van der Waals surface area contributed by atoms with Crippen molar-refractivity contribution in [3.05, 3.63) is 53.6 Å². The summed E-state index contributed by atoms with van der Waals surface area (Å²) in [4.78, 5) is 12.2. The van der Waals surface area contributed by atoms with Crippen LogP contribution in [-0.4, -0.2) is 25.7 Å². The molecule has 2 aromatic carbocycles. The second-order valence-electron chi connectivity index (χ2n) is 5.94. The number of hydrogen-bond acceptors (Lipinski definition) is 4. The van der Waals surface area contributed by atoms with Crippen LogP contribution in [0.25, 0.3) is 0 Å². The predicted octanol–water partition coefficient (Wildman–Crippen LogP) is 2.88. The molecule has 5 nitrogen and oxygen atoms in total. The van der Waals surface area contributed by atoms with E-state index in [1.807, 2.05) is 49.4 Å². The third-order valence-electron chi connectivity index (χ3n) is 4.04. The van der Waals surface area contributed by atoms with E-state index >= 15 is 0 Å². The maximum Gasteiger partial charge on any atom is 0.222 e. The largest absolute Gasteiger partial charge is 0.496 e. The second kappa shape index (κ2) is 7.25. The highest BCUT2D eigenvalue weighted by molar-refractivity contribution is 5.77. The maximum atomic E-state index is 12.2. The van der Waals surface area contributed by atoms with Gasteiger partial charge < -0.3 is 20.1 Å². The number of methoxy groups -OCH3 is 1. The fourth-order valence-corrected chi connectivity index (χ4v) is 2.77. The van der Waals surface area contributed by atoms with Gasteiger partial charge in [-0.05, 0) is 30.7 Å².